The highest BCUT2D eigenvalue weighted by atomic mass is 32.3. The number of amides is 1. The predicted octanol–water partition coefficient (Wildman–Crippen LogP) is 8.63. The third-order valence-corrected chi connectivity index (χ3v) is 11.7. The Hall–Kier alpha value is -1.98. The van der Waals surface area contributed by atoms with Crippen LogP contribution < -0.4 is 5.32 Å². The van der Waals surface area contributed by atoms with E-state index in [4.69, 9.17) is 9.47 Å². The largest absolute Gasteiger partial charge is 0.397 e. The first-order valence-electron chi connectivity index (χ1n) is 24.1. The summed E-state index contributed by atoms with van der Waals surface area (Å²) in [5, 5.41) is 55.2. The fourth-order valence-electron chi connectivity index (χ4n) is 7.40. The van der Waals surface area contributed by atoms with Gasteiger partial charge in [-0.15, -0.1) is 0 Å². The van der Waals surface area contributed by atoms with E-state index in [-0.39, 0.29) is 6.42 Å². The van der Waals surface area contributed by atoms with Gasteiger partial charge in [-0.3, -0.25) is 9.35 Å². The van der Waals surface area contributed by atoms with E-state index in [0.29, 0.717) is 12.8 Å². The number of carbonyl (C=O) groups is 1. The fourth-order valence-corrected chi connectivity index (χ4v) is 7.90. The molecule has 0 aliphatic carbocycles. The van der Waals surface area contributed by atoms with E-state index in [2.05, 4.69) is 59.8 Å². The van der Waals surface area contributed by atoms with Gasteiger partial charge < -0.3 is 40.3 Å². The highest BCUT2D eigenvalue weighted by molar-refractivity contribution is 7.80. The van der Waals surface area contributed by atoms with Crippen molar-refractivity contribution in [1.82, 2.24) is 5.32 Å². The summed E-state index contributed by atoms with van der Waals surface area (Å²) < 4.78 is 47.5. The number of unbranched alkanes of at least 4 members (excludes halogenated alkanes) is 21. The molecule has 1 aliphatic rings. The van der Waals surface area contributed by atoms with Gasteiger partial charge in [0, 0.05) is 0 Å². The van der Waals surface area contributed by atoms with E-state index in [1.165, 1.54) is 109 Å². The first-order chi connectivity index (χ1) is 29.9. The molecule has 0 aromatic heterocycles. The second-order valence-corrected chi connectivity index (χ2v) is 17.8. The maximum atomic E-state index is 13.1. The third kappa shape index (κ3) is 30.2. The van der Waals surface area contributed by atoms with Gasteiger partial charge in [0.05, 0.1) is 25.4 Å². The van der Waals surface area contributed by atoms with Gasteiger partial charge in [-0.1, -0.05) is 178 Å². The molecule has 1 heterocycles. The molecule has 1 fully saturated rings. The lowest BCUT2D eigenvalue weighted by Crippen LogP contribution is -2.61. The van der Waals surface area contributed by atoms with Crippen LogP contribution in [0.3, 0.4) is 0 Å². The maximum Gasteiger partial charge on any atom is 0.397 e. The molecule has 0 aromatic rings. The lowest BCUT2D eigenvalue weighted by atomic mass is 9.99. The number of hydrogen-bond acceptors (Lipinski definition) is 11. The van der Waals surface area contributed by atoms with E-state index in [1.807, 2.05) is 0 Å². The minimum atomic E-state index is -5.12. The van der Waals surface area contributed by atoms with Gasteiger partial charge in [-0.25, -0.2) is 4.18 Å². The number of nitrogens with one attached hydrogen (secondary N) is 1. The van der Waals surface area contributed by atoms with Crippen LogP contribution in [0.2, 0.25) is 0 Å². The summed E-state index contributed by atoms with van der Waals surface area (Å²) in [7, 11) is -5.12. The molecular weight excluding hydrogens is 815 g/mol. The topological polar surface area (TPSA) is 212 Å². The molecule has 0 spiro atoms. The van der Waals surface area contributed by atoms with Crippen LogP contribution in [0.25, 0.3) is 0 Å². The van der Waals surface area contributed by atoms with Gasteiger partial charge in [-0.05, 0) is 57.8 Å². The normalized spacial score (nSPS) is 21.5. The second-order valence-electron chi connectivity index (χ2n) is 16.8. The molecule has 62 heavy (non-hydrogen) atoms. The molecule has 7 N–H and O–H groups in total. The summed E-state index contributed by atoms with van der Waals surface area (Å²) in [6, 6.07) is -1.14. The lowest BCUT2D eigenvalue weighted by Gasteiger charge is -2.41. The molecule has 8 atom stereocenters. The van der Waals surface area contributed by atoms with E-state index in [0.717, 1.165) is 51.4 Å². The van der Waals surface area contributed by atoms with Crippen molar-refractivity contribution >= 4 is 16.3 Å². The Morgan fingerprint density at radius 2 is 1.18 bits per heavy atom. The molecule has 1 saturated heterocycles. The number of ether oxygens (including phenoxy) is 2. The first kappa shape index (κ1) is 58.0. The van der Waals surface area contributed by atoms with Crippen molar-refractivity contribution < 1.29 is 57.0 Å². The average molecular weight is 902 g/mol. The van der Waals surface area contributed by atoms with Crippen molar-refractivity contribution in [3.05, 3.63) is 48.6 Å². The molecule has 13 nitrogen and oxygen atoms in total. The summed E-state index contributed by atoms with van der Waals surface area (Å²) in [6.45, 7) is 3.08. The molecular formula is C48H87NO12S. The first-order valence-corrected chi connectivity index (χ1v) is 25.5. The van der Waals surface area contributed by atoms with Crippen molar-refractivity contribution in [3.63, 3.8) is 0 Å². The molecule has 0 aromatic carbocycles. The third-order valence-electron chi connectivity index (χ3n) is 11.2. The number of hydrogen-bond donors (Lipinski definition) is 7. The summed E-state index contributed by atoms with van der Waals surface area (Å²) in [6.07, 6.45) is 34.8. The van der Waals surface area contributed by atoms with Gasteiger partial charge in [0.25, 0.3) is 0 Å². The summed E-state index contributed by atoms with van der Waals surface area (Å²) in [5.74, 6) is -0.715. The van der Waals surface area contributed by atoms with Crippen LogP contribution in [0.5, 0.6) is 0 Å². The Bertz CT molecular complexity index is 1310. The Kier molecular flexibility index (Phi) is 35.9. The van der Waals surface area contributed by atoms with Crippen LogP contribution in [-0.2, 0) is 28.9 Å². The van der Waals surface area contributed by atoms with E-state index in [1.54, 1.807) is 6.08 Å². The van der Waals surface area contributed by atoms with E-state index < -0.39 is 78.5 Å². The standard InChI is InChI=1S/C48H87NO12S/c1-3-5-7-9-11-13-15-17-18-19-20-21-22-23-25-27-29-31-33-35-37-42(52)47(55)49-40(41(51)36-34-32-30-28-26-24-16-14-12-10-8-6-4-2)39-59-48-45(54)46(61-62(56,57)58)44(53)43(38-50)60-48/h5,7,11,13,26,28,34,36,40-46,48,50-54H,3-4,6,8-10,12,14-25,27,29-33,35,37-39H2,1-2H3,(H,49,55)(H,56,57,58)/b7-5-,13-11-,28-26+,36-34+. The van der Waals surface area contributed by atoms with Crippen LogP contribution in [-0.4, -0.2) is 107 Å². The van der Waals surface area contributed by atoms with Gasteiger partial charge in [-0.2, -0.15) is 8.42 Å². The fraction of sp³-hybridized carbons (Fsp3) is 0.812. The molecule has 0 radical (unpaired) electrons. The van der Waals surface area contributed by atoms with E-state index in [9.17, 15) is 43.3 Å². The van der Waals surface area contributed by atoms with Gasteiger partial charge in [0.2, 0.25) is 5.91 Å². The highest BCUT2D eigenvalue weighted by Crippen LogP contribution is 2.26. The molecule has 1 aliphatic heterocycles. The average Bonchev–Trinajstić information content (AvgIpc) is 3.24. The Labute approximate surface area is 375 Å². The van der Waals surface area contributed by atoms with Crippen molar-refractivity contribution in [1.29, 1.82) is 0 Å². The quantitative estimate of drug-likeness (QED) is 0.0175. The number of allylic oxidation sites excluding steroid dienone is 7. The molecule has 14 heteroatoms. The minimum Gasteiger partial charge on any atom is -0.394 e. The number of carbonyl (C=O) groups excluding carboxylic acids is 1. The zero-order valence-corrected chi connectivity index (χ0v) is 39.1. The zero-order valence-electron chi connectivity index (χ0n) is 38.3. The van der Waals surface area contributed by atoms with Crippen LogP contribution in [0.1, 0.15) is 187 Å². The summed E-state index contributed by atoms with van der Waals surface area (Å²) in [4.78, 5) is 13.1. The molecule has 0 bridgehead atoms. The maximum absolute atomic E-state index is 13.1. The van der Waals surface area contributed by atoms with Gasteiger partial charge >= 0.3 is 10.4 Å². The number of aliphatic hydroxyl groups excluding tert-OH is 5. The minimum absolute atomic E-state index is 0.234. The Morgan fingerprint density at radius 1 is 0.677 bits per heavy atom. The van der Waals surface area contributed by atoms with Crippen molar-refractivity contribution in [2.24, 2.45) is 0 Å². The summed E-state index contributed by atoms with van der Waals surface area (Å²) in [5.41, 5.74) is 0. The predicted molar refractivity (Wildman–Crippen MR) is 247 cm³/mol. The zero-order chi connectivity index (χ0) is 45.7. The SMILES string of the molecule is CC/C=C\C/C=C\CCCCCCCCCCCCCCCC(O)C(=O)NC(COC1OC(CO)C(O)C(OS(=O)(=O)O)C1O)C(O)/C=C/CC/C=C/CCCCCCCCC. The van der Waals surface area contributed by atoms with Crippen LogP contribution in [0, 0.1) is 0 Å². The molecule has 0 saturated carbocycles. The monoisotopic (exact) mass is 902 g/mol. The number of rotatable bonds is 40. The van der Waals surface area contributed by atoms with Crippen LogP contribution in [0.4, 0.5) is 0 Å². The van der Waals surface area contributed by atoms with Crippen molar-refractivity contribution in [3.8, 4) is 0 Å². The Morgan fingerprint density at radius 3 is 1.73 bits per heavy atom. The highest BCUT2D eigenvalue weighted by Gasteiger charge is 2.48. The van der Waals surface area contributed by atoms with E-state index >= 15 is 0 Å². The van der Waals surface area contributed by atoms with Gasteiger partial charge in [0.1, 0.15) is 30.5 Å². The van der Waals surface area contributed by atoms with Gasteiger partial charge in [0.15, 0.2) is 6.29 Å². The van der Waals surface area contributed by atoms with Crippen molar-refractivity contribution in [2.45, 2.75) is 236 Å². The van der Waals surface area contributed by atoms with Crippen LogP contribution in [0.15, 0.2) is 48.6 Å². The summed E-state index contributed by atoms with van der Waals surface area (Å²) >= 11 is 0. The van der Waals surface area contributed by atoms with Crippen LogP contribution >= 0.6 is 0 Å². The smallest absolute Gasteiger partial charge is 0.394 e. The van der Waals surface area contributed by atoms with Crippen molar-refractivity contribution in [2.75, 3.05) is 13.2 Å². The second kappa shape index (κ2) is 38.3. The molecule has 1 rings (SSSR count). The number of aliphatic hydroxyl groups is 5. The Balaban J connectivity index is 2.53. The molecule has 362 valence electrons. The lowest BCUT2D eigenvalue weighted by molar-refractivity contribution is -0.298. The molecule has 1 amide bonds. The molecule has 8 unspecified atom stereocenters.